The van der Waals surface area contributed by atoms with Crippen molar-refractivity contribution in [3.05, 3.63) is 35.8 Å². The van der Waals surface area contributed by atoms with E-state index >= 15 is 0 Å². The van der Waals surface area contributed by atoms with Crippen LogP contribution in [-0.4, -0.2) is 0 Å². The summed E-state index contributed by atoms with van der Waals surface area (Å²) in [5.41, 5.74) is 0. The molecule has 72 valence electrons. The topological polar surface area (TPSA) is 18.5 Å². The average molecular weight is 188 g/mol. The lowest BCUT2D eigenvalue weighted by atomic mass is 10.0. The highest BCUT2D eigenvalue weighted by molar-refractivity contribution is 5.44. The van der Waals surface area contributed by atoms with Gasteiger partial charge >= 0.3 is 0 Å². The summed E-state index contributed by atoms with van der Waals surface area (Å²) in [6, 6.07) is 7.84. The summed E-state index contributed by atoms with van der Waals surface area (Å²) in [4.78, 5) is 0. The van der Waals surface area contributed by atoms with Crippen molar-refractivity contribution in [2.24, 2.45) is 0 Å². The first-order chi connectivity index (χ1) is 6.93. The second-order valence-corrected chi connectivity index (χ2v) is 3.70. The Morgan fingerprint density at radius 1 is 0.786 bits per heavy atom. The maximum atomic E-state index is 5.79. The Morgan fingerprint density at radius 3 is 1.79 bits per heavy atom. The number of allylic oxidation sites excluding steroid dienone is 2. The number of fused-ring (bicyclic) bond motifs is 1. The minimum absolute atomic E-state index is 0.855. The van der Waals surface area contributed by atoms with E-state index in [-0.39, 0.29) is 0 Å². The van der Waals surface area contributed by atoms with Crippen LogP contribution in [0, 0.1) is 0 Å². The van der Waals surface area contributed by atoms with E-state index in [1.54, 1.807) is 0 Å². The second-order valence-electron chi connectivity index (χ2n) is 3.70. The van der Waals surface area contributed by atoms with Gasteiger partial charge in [-0.15, -0.1) is 0 Å². The van der Waals surface area contributed by atoms with Crippen molar-refractivity contribution in [1.29, 1.82) is 0 Å². The van der Waals surface area contributed by atoms with Gasteiger partial charge < -0.3 is 9.47 Å². The van der Waals surface area contributed by atoms with Crippen LogP contribution in [0.5, 0.6) is 11.5 Å². The lowest BCUT2D eigenvalue weighted by Gasteiger charge is -2.26. The van der Waals surface area contributed by atoms with Gasteiger partial charge in [-0.05, 0) is 25.0 Å². The average Bonchev–Trinajstić information content (AvgIpc) is 2.26. The molecule has 0 amide bonds. The zero-order valence-electron chi connectivity index (χ0n) is 7.95. The van der Waals surface area contributed by atoms with E-state index in [4.69, 9.17) is 9.47 Å². The largest absolute Gasteiger partial charge is 0.454 e. The van der Waals surface area contributed by atoms with Crippen LogP contribution in [-0.2, 0) is 0 Å². The van der Waals surface area contributed by atoms with Gasteiger partial charge in [0.1, 0.15) is 11.5 Å². The Kier molecular flexibility index (Phi) is 1.72. The lowest BCUT2D eigenvalue weighted by Crippen LogP contribution is -2.15. The fourth-order valence-electron chi connectivity index (χ4n) is 1.95. The van der Waals surface area contributed by atoms with Gasteiger partial charge in [0, 0.05) is 12.8 Å². The molecule has 2 nitrogen and oxygen atoms in total. The molecule has 0 saturated carbocycles. The minimum Gasteiger partial charge on any atom is -0.454 e. The highest BCUT2D eigenvalue weighted by Crippen LogP contribution is 2.39. The quantitative estimate of drug-likeness (QED) is 0.622. The van der Waals surface area contributed by atoms with Crippen LogP contribution < -0.4 is 9.47 Å². The number of rotatable bonds is 0. The molecule has 0 bridgehead atoms. The first kappa shape index (κ1) is 7.92. The SMILES string of the molecule is c1ccc2c(c1)OC1=C(CCCC1)O2. The zero-order chi connectivity index (χ0) is 9.38. The van der Waals surface area contributed by atoms with Gasteiger partial charge in [0.05, 0.1) is 0 Å². The predicted molar refractivity (Wildman–Crippen MR) is 53.2 cm³/mol. The molecular formula is C12H12O2. The summed E-state index contributed by atoms with van der Waals surface area (Å²) in [5.74, 6) is 3.78. The zero-order valence-corrected chi connectivity index (χ0v) is 7.95. The predicted octanol–water partition coefficient (Wildman–Crippen LogP) is 3.24. The number of hydrogen-bond donors (Lipinski definition) is 0. The molecule has 14 heavy (non-hydrogen) atoms. The van der Waals surface area contributed by atoms with Crippen molar-refractivity contribution in [2.75, 3.05) is 0 Å². The van der Waals surface area contributed by atoms with E-state index in [1.165, 1.54) is 12.8 Å². The molecule has 2 aliphatic rings. The maximum absolute atomic E-state index is 5.79. The van der Waals surface area contributed by atoms with Gasteiger partial charge in [-0.25, -0.2) is 0 Å². The van der Waals surface area contributed by atoms with Crippen molar-refractivity contribution >= 4 is 0 Å². The number of benzene rings is 1. The van der Waals surface area contributed by atoms with Crippen LogP contribution >= 0.6 is 0 Å². The van der Waals surface area contributed by atoms with Crippen LogP contribution in [0.2, 0.25) is 0 Å². The number of ether oxygens (including phenoxy) is 2. The normalized spacial score (nSPS) is 19.1. The molecule has 1 aliphatic heterocycles. The van der Waals surface area contributed by atoms with Crippen molar-refractivity contribution in [2.45, 2.75) is 25.7 Å². The summed E-state index contributed by atoms with van der Waals surface area (Å²) in [6.07, 6.45) is 4.46. The van der Waals surface area contributed by atoms with Gasteiger partial charge in [0.15, 0.2) is 11.5 Å². The molecular weight excluding hydrogens is 176 g/mol. The summed E-state index contributed by atoms with van der Waals surface area (Å²) < 4.78 is 11.6. The minimum atomic E-state index is 0.855. The highest BCUT2D eigenvalue weighted by atomic mass is 16.6. The monoisotopic (exact) mass is 188 g/mol. The fraction of sp³-hybridized carbons (Fsp3) is 0.333. The Morgan fingerprint density at radius 2 is 1.29 bits per heavy atom. The van der Waals surface area contributed by atoms with Gasteiger partial charge in [-0.1, -0.05) is 12.1 Å². The number of hydrogen-bond acceptors (Lipinski definition) is 2. The second kappa shape index (κ2) is 3.05. The fourth-order valence-corrected chi connectivity index (χ4v) is 1.95. The Hall–Kier alpha value is -1.44. The van der Waals surface area contributed by atoms with E-state index in [2.05, 4.69) is 0 Å². The first-order valence-electron chi connectivity index (χ1n) is 5.10. The third-order valence-corrected chi connectivity index (χ3v) is 2.68. The van der Waals surface area contributed by atoms with E-state index in [9.17, 15) is 0 Å². The highest BCUT2D eigenvalue weighted by Gasteiger charge is 2.23. The molecule has 0 radical (unpaired) electrons. The van der Waals surface area contributed by atoms with Crippen LogP contribution in [0.15, 0.2) is 35.8 Å². The summed E-state index contributed by atoms with van der Waals surface area (Å²) >= 11 is 0. The molecule has 0 spiro atoms. The number of para-hydroxylation sites is 2. The molecule has 3 rings (SSSR count). The molecule has 0 aromatic heterocycles. The Balaban J connectivity index is 1.99. The molecule has 1 aromatic carbocycles. The van der Waals surface area contributed by atoms with Gasteiger partial charge in [0.25, 0.3) is 0 Å². The molecule has 0 atom stereocenters. The maximum Gasteiger partial charge on any atom is 0.169 e. The molecule has 1 aliphatic carbocycles. The van der Waals surface area contributed by atoms with Gasteiger partial charge in [-0.2, -0.15) is 0 Å². The van der Waals surface area contributed by atoms with Crippen LogP contribution in [0.4, 0.5) is 0 Å². The third-order valence-electron chi connectivity index (χ3n) is 2.68. The molecule has 0 saturated heterocycles. The van der Waals surface area contributed by atoms with Crippen molar-refractivity contribution in [3.8, 4) is 11.5 Å². The van der Waals surface area contributed by atoms with Gasteiger partial charge in [-0.3, -0.25) is 0 Å². The Bertz CT molecular complexity index is 356. The molecule has 2 heteroatoms. The molecule has 0 N–H and O–H groups in total. The first-order valence-corrected chi connectivity index (χ1v) is 5.10. The lowest BCUT2D eigenvalue weighted by molar-refractivity contribution is 0.254. The van der Waals surface area contributed by atoms with Crippen LogP contribution in [0.1, 0.15) is 25.7 Å². The summed E-state index contributed by atoms with van der Waals surface area (Å²) in [7, 11) is 0. The van der Waals surface area contributed by atoms with Gasteiger partial charge in [0.2, 0.25) is 0 Å². The molecule has 1 heterocycles. The molecule has 0 fully saturated rings. The smallest absolute Gasteiger partial charge is 0.169 e. The van der Waals surface area contributed by atoms with E-state index < -0.39 is 0 Å². The standard InChI is InChI=1S/C12H12O2/c1-2-6-10-9(5-1)13-11-7-3-4-8-12(11)14-10/h1-2,5-6H,3-4,7-8H2. The van der Waals surface area contributed by atoms with E-state index in [0.29, 0.717) is 0 Å². The van der Waals surface area contributed by atoms with Crippen LogP contribution in [0.25, 0.3) is 0 Å². The molecule has 1 aromatic rings. The van der Waals surface area contributed by atoms with Crippen molar-refractivity contribution < 1.29 is 9.47 Å². The van der Waals surface area contributed by atoms with E-state index in [0.717, 1.165) is 35.9 Å². The summed E-state index contributed by atoms with van der Waals surface area (Å²) in [6.45, 7) is 0. The van der Waals surface area contributed by atoms with Crippen LogP contribution in [0.3, 0.4) is 0 Å². The van der Waals surface area contributed by atoms with Crippen molar-refractivity contribution in [3.63, 3.8) is 0 Å². The Labute approximate surface area is 83.1 Å². The summed E-state index contributed by atoms with van der Waals surface area (Å²) in [5, 5.41) is 0. The molecule has 0 unspecified atom stereocenters. The van der Waals surface area contributed by atoms with Crippen molar-refractivity contribution in [1.82, 2.24) is 0 Å². The third kappa shape index (κ3) is 1.18. The van der Waals surface area contributed by atoms with E-state index in [1.807, 2.05) is 24.3 Å².